The van der Waals surface area contributed by atoms with Crippen LogP contribution in [-0.2, 0) is 0 Å². The number of hydrogen-bond donors (Lipinski definition) is 1. The summed E-state index contributed by atoms with van der Waals surface area (Å²) in [6.07, 6.45) is 8.06. The fourth-order valence-corrected chi connectivity index (χ4v) is 3.37. The van der Waals surface area contributed by atoms with E-state index in [9.17, 15) is 9.90 Å². The van der Waals surface area contributed by atoms with Crippen LogP contribution in [0, 0.1) is 9.49 Å². The van der Waals surface area contributed by atoms with Crippen LogP contribution in [0.4, 0.5) is 0 Å². The minimum absolute atomic E-state index is 0.354. The van der Waals surface area contributed by atoms with Crippen molar-refractivity contribution in [2.75, 3.05) is 0 Å². The van der Waals surface area contributed by atoms with Crippen LogP contribution in [0.2, 0.25) is 0 Å². The second-order valence-corrected chi connectivity index (χ2v) is 6.18. The van der Waals surface area contributed by atoms with Gasteiger partial charge in [-0.2, -0.15) is 0 Å². The largest absolute Gasteiger partial charge is 0.477 e. The Hall–Kier alpha value is -0.520. The molecular weight excluding hydrogens is 329 g/mol. The first-order chi connectivity index (χ1) is 8.09. The zero-order valence-electron chi connectivity index (χ0n) is 10.0. The maximum atomic E-state index is 11.2. The van der Waals surface area contributed by atoms with Crippen LogP contribution in [0.5, 0.6) is 0 Å². The van der Waals surface area contributed by atoms with Crippen LogP contribution in [0.15, 0.2) is 12.3 Å². The van der Waals surface area contributed by atoms with Crippen molar-refractivity contribution in [1.29, 1.82) is 0 Å². The number of nitrogens with zero attached hydrogens (tertiary/aromatic N) is 1. The van der Waals surface area contributed by atoms with E-state index >= 15 is 0 Å². The van der Waals surface area contributed by atoms with Crippen LogP contribution in [0.3, 0.4) is 0 Å². The fraction of sp³-hybridized carbons (Fsp3) is 0.615. The molecule has 2 atom stereocenters. The summed E-state index contributed by atoms with van der Waals surface area (Å²) in [4.78, 5) is 11.2. The number of rotatable bonds is 2. The molecule has 0 amide bonds. The van der Waals surface area contributed by atoms with E-state index in [1.165, 1.54) is 25.7 Å². The Kier molecular flexibility index (Phi) is 4.12. The van der Waals surface area contributed by atoms with Crippen molar-refractivity contribution in [1.82, 2.24) is 4.57 Å². The summed E-state index contributed by atoms with van der Waals surface area (Å²) in [5, 5.41) is 9.24. The summed E-state index contributed by atoms with van der Waals surface area (Å²) in [5.74, 6) is -0.247. The first kappa shape index (κ1) is 12.9. The molecule has 1 aliphatic carbocycles. The highest BCUT2D eigenvalue weighted by molar-refractivity contribution is 14.1. The summed E-state index contributed by atoms with van der Waals surface area (Å²) >= 11 is 2.19. The van der Waals surface area contributed by atoms with E-state index in [0.717, 1.165) is 9.99 Å². The van der Waals surface area contributed by atoms with Gasteiger partial charge in [-0.3, -0.25) is 0 Å². The average Bonchev–Trinajstić information content (AvgIpc) is 2.52. The number of hydrogen-bond acceptors (Lipinski definition) is 1. The lowest BCUT2D eigenvalue weighted by molar-refractivity contribution is 0.0680. The van der Waals surface area contributed by atoms with Gasteiger partial charge in [0.1, 0.15) is 5.69 Å². The van der Waals surface area contributed by atoms with Gasteiger partial charge in [0, 0.05) is 15.8 Å². The predicted octanol–water partition coefficient (Wildman–Crippen LogP) is 3.93. The highest BCUT2D eigenvalue weighted by Crippen LogP contribution is 2.34. The van der Waals surface area contributed by atoms with E-state index in [-0.39, 0.29) is 0 Å². The van der Waals surface area contributed by atoms with Crippen molar-refractivity contribution in [3.05, 3.63) is 21.5 Å². The SMILES string of the molecule is CC1CCCCCC1n1cc(I)cc1C(=O)O. The molecule has 1 saturated carbocycles. The van der Waals surface area contributed by atoms with E-state index in [0.29, 0.717) is 17.7 Å². The number of aromatic nitrogens is 1. The lowest BCUT2D eigenvalue weighted by Gasteiger charge is -2.24. The van der Waals surface area contributed by atoms with Crippen molar-refractivity contribution in [3.63, 3.8) is 0 Å². The van der Waals surface area contributed by atoms with Gasteiger partial charge in [-0.15, -0.1) is 0 Å². The lowest BCUT2D eigenvalue weighted by Crippen LogP contribution is -2.19. The van der Waals surface area contributed by atoms with E-state index < -0.39 is 5.97 Å². The normalized spacial score (nSPS) is 25.5. The highest BCUT2D eigenvalue weighted by atomic mass is 127. The van der Waals surface area contributed by atoms with Gasteiger partial charge in [-0.1, -0.05) is 26.2 Å². The molecule has 3 nitrogen and oxygen atoms in total. The van der Waals surface area contributed by atoms with E-state index in [4.69, 9.17) is 0 Å². The molecule has 0 aromatic carbocycles. The van der Waals surface area contributed by atoms with Gasteiger partial charge in [0.05, 0.1) is 0 Å². The van der Waals surface area contributed by atoms with E-state index in [1.54, 1.807) is 6.07 Å². The molecule has 1 heterocycles. The van der Waals surface area contributed by atoms with E-state index in [1.807, 2.05) is 10.8 Å². The van der Waals surface area contributed by atoms with Crippen LogP contribution < -0.4 is 0 Å². The molecule has 1 aromatic heterocycles. The van der Waals surface area contributed by atoms with Gasteiger partial charge in [0.15, 0.2) is 0 Å². The molecular formula is C13H18INO2. The number of carboxylic acid groups (broad SMARTS) is 1. The molecule has 0 saturated heterocycles. The zero-order valence-corrected chi connectivity index (χ0v) is 12.2. The topological polar surface area (TPSA) is 42.2 Å². The smallest absolute Gasteiger partial charge is 0.352 e. The Morgan fingerprint density at radius 2 is 2.12 bits per heavy atom. The minimum Gasteiger partial charge on any atom is -0.477 e. The molecule has 4 heteroatoms. The molecule has 1 aliphatic rings. The molecule has 0 aliphatic heterocycles. The quantitative estimate of drug-likeness (QED) is 0.651. The maximum absolute atomic E-state index is 11.2. The molecule has 0 bridgehead atoms. The molecule has 1 aromatic rings. The second kappa shape index (κ2) is 5.42. The standard InChI is InChI=1S/C13H18INO2/c1-9-5-3-2-4-6-11(9)15-8-10(14)7-12(15)13(16)17/h7-9,11H,2-6H2,1H3,(H,16,17). The Labute approximate surface area is 115 Å². The Morgan fingerprint density at radius 1 is 1.41 bits per heavy atom. The number of aromatic carboxylic acids is 1. The fourth-order valence-electron chi connectivity index (χ4n) is 2.78. The van der Waals surface area contributed by atoms with Crippen molar-refractivity contribution in [2.24, 2.45) is 5.92 Å². The third-order valence-corrected chi connectivity index (χ3v) is 4.30. The van der Waals surface area contributed by atoms with Crippen molar-refractivity contribution < 1.29 is 9.90 Å². The third-order valence-electron chi connectivity index (χ3n) is 3.71. The molecule has 17 heavy (non-hydrogen) atoms. The van der Waals surface area contributed by atoms with Crippen LogP contribution in [0.1, 0.15) is 55.6 Å². The van der Waals surface area contributed by atoms with Gasteiger partial charge in [0.25, 0.3) is 0 Å². The summed E-state index contributed by atoms with van der Waals surface area (Å²) in [7, 11) is 0. The van der Waals surface area contributed by atoms with Gasteiger partial charge >= 0.3 is 5.97 Å². The Balaban J connectivity index is 2.33. The molecule has 94 valence electrons. The van der Waals surface area contributed by atoms with Crippen LogP contribution >= 0.6 is 22.6 Å². The van der Waals surface area contributed by atoms with E-state index in [2.05, 4.69) is 29.5 Å². The highest BCUT2D eigenvalue weighted by Gasteiger charge is 2.25. The van der Waals surface area contributed by atoms with Gasteiger partial charge in [-0.05, 0) is 47.4 Å². The van der Waals surface area contributed by atoms with Crippen LogP contribution in [0.25, 0.3) is 0 Å². The number of carboxylic acids is 1. The maximum Gasteiger partial charge on any atom is 0.352 e. The second-order valence-electron chi connectivity index (χ2n) is 4.94. The summed E-state index contributed by atoms with van der Waals surface area (Å²) in [6, 6.07) is 2.12. The third kappa shape index (κ3) is 2.84. The first-order valence-electron chi connectivity index (χ1n) is 6.20. The summed E-state index contributed by atoms with van der Waals surface area (Å²) in [5.41, 5.74) is 0.438. The number of halogens is 1. The molecule has 2 unspecified atom stereocenters. The minimum atomic E-state index is -0.815. The predicted molar refractivity (Wildman–Crippen MR) is 75.4 cm³/mol. The number of carbonyl (C=O) groups is 1. The molecule has 2 rings (SSSR count). The summed E-state index contributed by atoms with van der Waals surface area (Å²) in [6.45, 7) is 2.24. The molecule has 1 fully saturated rings. The molecule has 0 spiro atoms. The molecule has 0 radical (unpaired) electrons. The lowest BCUT2D eigenvalue weighted by atomic mass is 9.96. The van der Waals surface area contributed by atoms with Gasteiger partial charge in [-0.25, -0.2) is 4.79 Å². The first-order valence-corrected chi connectivity index (χ1v) is 7.28. The van der Waals surface area contributed by atoms with Crippen LogP contribution in [-0.4, -0.2) is 15.6 Å². The average molecular weight is 347 g/mol. The Bertz CT molecular complexity index is 414. The molecule has 1 N–H and O–H groups in total. The Morgan fingerprint density at radius 3 is 2.82 bits per heavy atom. The summed E-state index contributed by atoms with van der Waals surface area (Å²) < 4.78 is 3.00. The van der Waals surface area contributed by atoms with Gasteiger partial charge in [0.2, 0.25) is 0 Å². The van der Waals surface area contributed by atoms with Crippen molar-refractivity contribution in [2.45, 2.75) is 45.1 Å². The van der Waals surface area contributed by atoms with Crippen molar-refractivity contribution in [3.8, 4) is 0 Å². The monoisotopic (exact) mass is 347 g/mol. The zero-order chi connectivity index (χ0) is 12.4. The van der Waals surface area contributed by atoms with Crippen molar-refractivity contribution >= 4 is 28.6 Å². The van der Waals surface area contributed by atoms with Gasteiger partial charge < -0.3 is 9.67 Å².